The van der Waals surface area contributed by atoms with Crippen LogP contribution in [0.2, 0.25) is 0 Å². The third-order valence-corrected chi connectivity index (χ3v) is 2.87. The molecule has 1 rings (SSSR count). The third-order valence-electron chi connectivity index (χ3n) is 2.87. The molecule has 0 aliphatic carbocycles. The summed E-state index contributed by atoms with van der Waals surface area (Å²) in [7, 11) is 6.97. The van der Waals surface area contributed by atoms with E-state index >= 15 is 0 Å². The maximum Gasteiger partial charge on any atom is 0.335 e. The fraction of sp³-hybridized carbons (Fsp3) is 0.429. The number of nitrogens with zero attached hydrogens (tertiary/aromatic N) is 2. The van der Waals surface area contributed by atoms with Gasteiger partial charge < -0.3 is 19.6 Å². The summed E-state index contributed by atoms with van der Waals surface area (Å²) >= 11 is 0. The zero-order chi connectivity index (χ0) is 15.3. The molecule has 0 aromatic heterocycles. The Kier molecular flexibility index (Phi) is 5.52. The topological polar surface area (TPSA) is 70.1 Å². The molecule has 0 fully saturated rings. The smallest absolute Gasteiger partial charge is 0.335 e. The lowest BCUT2D eigenvalue weighted by Gasteiger charge is -2.20. The SMILES string of the molecule is COc1cc(C(=O)O)cc(C(=O)N(C)CCN(C)C)c1. The van der Waals surface area contributed by atoms with Gasteiger partial charge in [0.05, 0.1) is 12.7 Å². The van der Waals surface area contributed by atoms with E-state index in [0.717, 1.165) is 6.54 Å². The van der Waals surface area contributed by atoms with Crippen LogP contribution >= 0.6 is 0 Å². The molecule has 0 radical (unpaired) electrons. The molecule has 0 saturated carbocycles. The predicted octanol–water partition coefficient (Wildman–Crippen LogP) is 1.03. The largest absolute Gasteiger partial charge is 0.497 e. The molecular weight excluding hydrogens is 260 g/mol. The standard InChI is InChI=1S/C14H20N2O4/c1-15(2)5-6-16(3)13(17)10-7-11(14(18)19)9-12(8-10)20-4/h7-9H,5-6H2,1-4H3,(H,18,19). The molecule has 0 bridgehead atoms. The Hall–Kier alpha value is -2.08. The molecule has 0 spiro atoms. The van der Waals surface area contributed by atoms with Gasteiger partial charge in [0.2, 0.25) is 0 Å². The Morgan fingerprint density at radius 1 is 1.10 bits per heavy atom. The van der Waals surface area contributed by atoms with Crippen molar-refractivity contribution < 1.29 is 19.4 Å². The fourth-order valence-electron chi connectivity index (χ4n) is 1.64. The molecule has 1 aromatic rings. The van der Waals surface area contributed by atoms with Crippen molar-refractivity contribution in [1.82, 2.24) is 9.80 Å². The van der Waals surface area contributed by atoms with Gasteiger partial charge in [-0.3, -0.25) is 4.79 Å². The van der Waals surface area contributed by atoms with Gasteiger partial charge in [-0.25, -0.2) is 4.79 Å². The van der Waals surface area contributed by atoms with Crippen molar-refractivity contribution in [1.29, 1.82) is 0 Å². The van der Waals surface area contributed by atoms with Gasteiger partial charge >= 0.3 is 5.97 Å². The molecule has 1 N–H and O–H groups in total. The van der Waals surface area contributed by atoms with Crippen LogP contribution in [0.25, 0.3) is 0 Å². The summed E-state index contributed by atoms with van der Waals surface area (Å²) in [5, 5.41) is 9.04. The number of methoxy groups -OCH3 is 1. The van der Waals surface area contributed by atoms with E-state index in [4.69, 9.17) is 9.84 Å². The second kappa shape index (κ2) is 6.91. The van der Waals surface area contributed by atoms with Crippen LogP contribution in [0.5, 0.6) is 5.75 Å². The highest BCUT2D eigenvalue weighted by Crippen LogP contribution is 2.18. The zero-order valence-corrected chi connectivity index (χ0v) is 12.2. The number of benzene rings is 1. The third kappa shape index (κ3) is 4.24. The lowest BCUT2D eigenvalue weighted by Crippen LogP contribution is -2.33. The average Bonchev–Trinajstić information content (AvgIpc) is 2.43. The minimum absolute atomic E-state index is 0.0358. The molecule has 0 saturated heterocycles. The first-order chi connectivity index (χ1) is 9.35. The van der Waals surface area contributed by atoms with E-state index in [1.165, 1.54) is 19.2 Å². The molecule has 0 heterocycles. The number of carboxylic acid groups (broad SMARTS) is 1. The lowest BCUT2D eigenvalue weighted by molar-refractivity contribution is 0.0696. The minimum atomic E-state index is -1.09. The fourth-order valence-corrected chi connectivity index (χ4v) is 1.64. The number of carboxylic acids is 1. The Labute approximate surface area is 118 Å². The van der Waals surface area contributed by atoms with E-state index in [0.29, 0.717) is 17.9 Å². The van der Waals surface area contributed by atoms with Crippen LogP contribution in [0.4, 0.5) is 0 Å². The van der Waals surface area contributed by atoms with Gasteiger partial charge in [0.1, 0.15) is 5.75 Å². The highest BCUT2D eigenvalue weighted by molar-refractivity contribution is 5.98. The van der Waals surface area contributed by atoms with E-state index in [9.17, 15) is 9.59 Å². The molecule has 0 unspecified atom stereocenters. The van der Waals surface area contributed by atoms with E-state index in [-0.39, 0.29) is 11.5 Å². The quantitative estimate of drug-likeness (QED) is 0.842. The van der Waals surface area contributed by atoms with Crippen molar-refractivity contribution in [2.24, 2.45) is 0 Å². The molecule has 0 aliphatic rings. The number of hydrogen-bond donors (Lipinski definition) is 1. The second-order valence-electron chi connectivity index (χ2n) is 4.79. The van der Waals surface area contributed by atoms with Crippen molar-refractivity contribution >= 4 is 11.9 Å². The molecule has 110 valence electrons. The molecule has 0 aliphatic heterocycles. The Morgan fingerprint density at radius 2 is 1.70 bits per heavy atom. The number of aromatic carboxylic acids is 1. The Bertz CT molecular complexity index is 500. The van der Waals surface area contributed by atoms with Gasteiger partial charge in [0.25, 0.3) is 5.91 Å². The molecule has 1 aromatic carbocycles. The van der Waals surface area contributed by atoms with Gasteiger partial charge in [0, 0.05) is 25.7 Å². The zero-order valence-electron chi connectivity index (χ0n) is 12.2. The highest BCUT2D eigenvalue weighted by atomic mass is 16.5. The van der Waals surface area contributed by atoms with Gasteiger partial charge in [0.15, 0.2) is 0 Å². The van der Waals surface area contributed by atoms with Crippen LogP contribution < -0.4 is 4.74 Å². The maximum absolute atomic E-state index is 12.3. The molecular formula is C14H20N2O4. The highest BCUT2D eigenvalue weighted by Gasteiger charge is 2.16. The second-order valence-corrected chi connectivity index (χ2v) is 4.79. The van der Waals surface area contributed by atoms with Gasteiger partial charge in [-0.15, -0.1) is 0 Å². The maximum atomic E-state index is 12.3. The molecule has 1 amide bonds. The summed E-state index contributed by atoms with van der Waals surface area (Å²) < 4.78 is 5.03. The predicted molar refractivity (Wildman–Crippen MR) is 75.5 cm³/mol. The molecule has 6 heteroatoms. The van der Waals surface area contributed by atoms with Crippen LogP contribution in [-0.2, 0) is 0 Å². The van der Waals surface area contributed by atoms with Crippen molar-refractivity contribution in [3.8, 4) is 5.75 Å². The normalized spacial score (nSPS) is 10.4. The minimum Gasteiger partial charge on any atom is -0.497 e. The van der Waals surface area contributed by atoms with Crippen molar-refractivity contribution in [2.45, 2.75) is 0 Å². The van der Waals surface area contributed by atoms with Crippen LogP contribution in [0.15, 0.2) is 18.2 Å². The van der Waals surface area contributed by atoms with Crippen LogP contribution in [0.3, 0.4) is 0 Å². The van der Waals surface area contributed by atoms with Crippen molar-refractivity contribution in [3.05, 3.63) is 29.3 Å². The van der Waals surface area contributed by atoms with Gasteiger partial charge in [-0.05, 0) is 32.3 Å². The number of likely N-dealkylation sites (N-methyl/N-ethyl adjacent to an activating group) is 2. The molecule has 6 nitrogen and oxygen atoms in total. The summed E-state index contributed by atoms with van der Waals surface area (Å²) in [4.78, 5) is 26.8. The summed E-state index contributed by atoms with van der Waals surface area (Å²) in [6, 6.07) is 4.29. The van der Waals surface area contributed by atoms with E-state index in [1.807, 2.05) is 19.0 Å². The number of ether oxygens (including phenoxy) is 1. The Morgan fingerprint density at radius 3 is 2.20 bits per heavy atom. The lowest BCUT2D eigenvalue weighted by atomic mass is 10.1. The summed E-state index contributed by atoms with van der Waals surface area (Å²) in [5.74, 6) is -0.962. The number of hydrogen-bond acceptors (Lipinski definition) is 4. The average molecular weight is 280 g/mol. The first-order valence-corrected chi connectivity index (χ1v) is 6.17. The van der Waals surface area contributed by atoms with E-state index < -0.39 is 5.97 Å². The van der Waals surface area contributed by atoms with Crippen LogP contribution in [0, 0.1) is 0 Å². The summed E-state index contributed by atoms with van der Waals surface area (Å²) in [5.41, 5.74) is 0.344. The van der Waals surface area contributed by atoms with Crippen LogP contribution in [-0.4, -0.2) is 68.1 Å². The Balaban J connectivity index is 2.96. The molecule has 20 heavy (non-hydrogen) atoms. The van der Waals surface area contributed by atoms with Gasteiger partial charge in [-0.1, -0.05) is 0 Å². The number of carbonyl (C=O) groups excluding carboxylic acids is 1. The van der Waals surface area contributed by atoms with Gasteiger partial charge in [-0.2, -0.15) is 0 Å². The first kappa shape index (κ1) is 16.0. The monoisotopic (exact) mass is 280 g/mol. The van der Waals surface area contributed by atoms with E-state index in [2.05, 4.69) is 0 Å². The first-order valence-electron chi connectivity index (χ1n) is 6.17. The summed E-state index contributed by atoms with van der Waals surface area (Å²) in [6.45, 7) is 1.30. The van der Waals surface area contributed by atoms with Crippen molar-refractivity contribution in [2.75, 3.05) is 41.3 Å². The number of carbonyl (C=O) groups is 2. The number of amides is 1. The number of rotatable bonds is 6. The van der Waals surface area contributed by atoms with Crippen LogP contribution in [0.1, 0.15) is 20.7 Å². The van der Waals surface area contributed by atoms with E-state index in [1.54, 1.807) is 18.0 Å². The molecule has 0 atom stereocenters. The van der Waals surface area contributed by atoms with Crippen molar-refractivity contribution in [3.63, 3.8) is 0 Å². The summed E-state index contributed by atoms with van der Waals surface area (Å²) in [6.07, 6.45) is 0.